The van der Waals surface area contributed by atoms with Crippen molar-refractivity contribution >= 4 is 16.6 Å². The van der Waals surface area contributed by atoms with E-state index in [9.17, 15) is 10.0 Å². The molecule has 0 fully saturated rings. The third-order valence-corrected chi connectivity index (χ3v) is 3.91. The summed E-state index contributed by atoms with van der Waals surface area (Å²) in [5.74, 6) is 0.669. The highest BCUT2D eigenvalue weighted by molar-refractivity contribution is 5.97. The van der Waals surface area contributed by atoms with Crippen molar-refractivity contribution in [2.75, 3.05) is 6.61 Å². The van der Waals surface area contributed by atoms with Crippen molar-refractivity contribution in [3.05, 3.63) is 58.5 Å². The number of rotatable bonds is 5. The number of ether oxygens (including phenoxy) is 1. The molecule has 23 heavy (non-hydrogen) atoms. The molecule has 0 spiro atoms. The highest BCUT2D eigenvalue weighted by Crippen LogP contribution is 2.40. The first-order chi connectivity index (χ1) is 11.1. The van der Waals surface area contributed by atoms with Gasteiger partial charge in [-0.05, 0) is 48.4 Å². The Labute approximate surface area is 134 Å². The van der Waals surface area contributed by atoms with E-state index in [0.717, 1.165) is 22.4 Å². The van der Waals surface area contributed by atoms with Crippen LogP contribution >= 0.6 is 0 Å². The number of aromatic hydroxyl groups is 1. The molecule has 118 valence electrons. The summed E-state index contributed by atoms with van der Waals surface area (Å²) < 4.78 is 7.39. The second-order valence-electron chi connectivity index (χ2n) is 5.55. The molecule has 0 aliphatic heterocycles. The summed E-state index contributed by atoms with van der Waals surface area (Å²) in [7, 11) is 0. The van der Waals surface area contributed by atoms with E-state index < -0.39 is 0 Å². The highest BCUT2D eigenvalue weighted by atomic mass is 16.5. The molecule has 0 amide bonds. The van der Waals surface area contributed by atoms with E-state index in [1.165, 1.54) is 0 Å². The molecule has 0 saturated carbocycles. The van der Waals surface area contributed by atoms with Gasteiger partial charge >= 0.3 is 0 Å². The molecule has 0 atom stereocenters. The molecule has 5 nitrogen and oxygen atoms in total. The van der Waals surface area contributed by atoms with E-state index in [-0.39, 0.29) is 11.6 Å². The third kappa shape index (κ3) is 2.77. The Morgan fingerprint density at radius 1 is 1.17 bits per heavy atom. The van der Waals surface area contributed by atoms with Crippen molar-refractivity contribution in [3.8, 4) is 11.6 Å². The van der Waals surface area contributed by atoms with Crippen LogP contribution in [0.1, 0.15) is 11.1 Å². The number of hydrogen-bond donors (Lipinski definition) is 1. The Morgan fingerprint density at radius 2 is 1.96 bits per heavy atom. The minimum Gasteiger partial charge on any atom is -0.493 e. The van der Waals surface area contributed by atoms with Crippen molar-refractivity contribution in [1.29, 1.82) is 0 Å². The van der Waals surface area contributed by atoms with Crippen LogP contribution in [0.3, 0.4) is 0 Å². The smallest absolute Gasteiger partial charge is 0.222 e. The predicted molar refractivity (Wildman–Crippen MR) is 90.5 cm³/mol. The van der Waals surface area contributed by atoms with Crippen LogP contribution in [0.25, 0.3) is 10.9 Å². The van der Waals surface area contributed by atoms with Crippen LogP contribution in [0.5, 0.6) is 11.6 Å². The van der Waals surface area contributed by atoms with Crippen molar-refractivity contribution in [2.24, 2.45) is 5.18 Å². The second-order valence-corrected chi connectivity index (χ2v) is 5.55. The third-order valence-electron chi connectivity index (χ3n) is 3.91. The number of fused-ring (bicyclic) bond motifs is 1. The summed E-state index contributed by atoms with van der Waals surface area (Å²) in [6, 6.07) is 13.4. The summed E-state index contributed by atoms with van der Waals surface area (Å²) in [4.78, 5) is 11.1. The molecule has 0 unspecified atom stereocenters. The Hall–Kier alpha value is -2.82. The van der Waals surface area contributed by atoms with E-state index in [1.54, 1.807) is 4.57 Å². The number of benzene rings is 2. The molecule has 0 aliphatic rings. The Balaban J connectivity index is 1.87. The van der Waals surface area contributed by atoms with Gasteiger partial charge in [0.25, 0.3) is 0 Å². The quantitative estimate of drug-likeness (QED) is 0.708. The van der Waals surface area contributed by atoms with Gasteiger partial charge in [-0.15, -0.1) is 4.91 Å². The lowest BCUT2D eigenvalue weighted by Gasteiger charge is -2.09. The van der Waals surface area contributed by atoms with Crippen molar-refractivity contribution in [3.63, 3.8) is 0 Å². The van der Waals surface area contributed by atoms with Crippen LogP contribution < -0.4 is 4.74 Å². The fourth-order valence-electron chi connectivity index (χ4n) is 2.81. The van der Waals surface area contributed by atoms with Crippen LogP contribution in [0.4, 0.5) is 5.69 Å². The molecule has 0 saturated heterocycles. The maximum atomic E-state index is 11.1. The van der Waals surface area contributed by atoms with Gasteiger partial charge in [-0.3, -0.25) is 0 Å². The minimum absolute atomic E-state index is 0.0913. The first-order valence-corrected chi connectivity index (χ1v) is 7.45. The van der Waals surface area contributed by atoms with Crippen LogP contribution in [0.2, 0.25) is 0 Å². The molecule has 1 aromatic heterocycles. The number of aryl methyl sites for hydroxylation is 2. The maximum Gasteiger partial charge on any atom is 0.222 e. The van der Waals surface area contributed by atoms with E-state index in [4.69, 9.17) is 4.74 Å². The zero-order valence-electron chi connectivity index (χ0n) is 13.1. The summed E-state index contributed by atoms with van der Waals surface area (Å²) >= 11 is 0. The highest BCUT2D eigenvalue weighted by Gasteiger charge is 2.18. The number of hydrogen-bond acceptors (Lipinski definition) is 4. The summed E-state index contributed by atoms with van der Waals surface area (Å²) in [6.45, 7) is 4.70. The van der Waals surface area contributed by atoms with Crippen LogP contribution in [-0.2, 0) is 6.54 Å². The number of nitroso groups, excluding NO2 is 1. The molecule has 3 rings (SSSR count). The lowest BCUT2D eigenvalue weighted by atomic mass is 10.1. The monoisotopic (exact) mass is 310 g/mol. The molecule has 3 aromatic rings. The SMILES string of the molecule is Cc1cccc(OCCn2c(O)c(N=O)c3c(C)cccc32)c1. The fourth-order valence-corrected chi connectivity index (χ4v) is 2.81. The van der Waals surface area contributed by atoms with Gasteiger partial charge in [0, 0.05) is 5.39 Å². The van der Waals surface area contributed by atoms with Gasteiger partial charge in [0.05, 0.1) is 12.1 Å². The first-order valence-electron chi connectivity index (χ1n) is 7.45. The second kappa shape index (κ2) is 6.12. The first kappa shape index (κ1) is 15.1. The largest absolute Gasteiger partial charge is 0.493 e. The van der Waals surface area contributed by atoms with Crippen molar-refractivity contribution < 1.29 is 9.84 Å². The average molecular weight is 310 g/mol. The topological polar surface area (TPSA) is 63.8 Å². The van der Waals surface area contributed by atoms with Crippen molar-refractivity contribution in [2.45, 2.75) is 20.4 Å². The maximum absolute atomic E-state index is 11.1. The van der Waals surface area contributed by atoms with Gasteiger partial charge < -0.3 is 14.4 Å². The van der Waals surface area contributed by atoms with Crippen LogP contribution in [0, 0.1) is 18.8 Å². The fraction of sp³-hybridized carbons (Fsp3) is 0.222. The minimum atomic E-state index is -0.114. The molecule has 0 radical (unpaired) electrons. The molecule has 1 heterocycles. The lowest BCUT2D eigenvalue weighted by Crippen LogP contribution is -2.07. The Morgan fingerprint density at radius 3 is 2.70 bits per heavy atom. The van der Waals surface area contributed by atoms with Crippen LogP contribution in [0.15, 0.2) is 47.6 Å². The number of nitrogens with zero attached hydrogens (tertiary/aromatic N) is 2. The summed E-state index contributed by atoms with van der Waals surface area (Å²) in [5, 5.41) is 14.0. The van der Waals surface area contributed by atoms with Crippen LogP contribution in [-0.4, -0.2) is 16.3 Å². The van der Waals surface area contributed by atoms with Gasteiger partial charge in [0.15, 0.2) is 5.69 Å². The van der Waals surface area contributed by atoms with E-state index in [1.807, 2.05) is 56.3 Å². The van der Waals surface area contributed by atoms with Crippen molar-refractivity contribution in [1.82, 2.24) is 4.57 Å². The van der Waals surface area contributed by atoms with E-state index >= 15 is 0 Å². The van der Waals surface area contributed by atoms with E-state index in [0.29, 0.717) is 18.5 Å². The zero-order chi connectivity index (χ0) is 16.4. The number of aromatic nitrogens is 1. The van der Waals surface area contributed by atoms with Gasteiger partial charge in [-0.1, -0.05) is 24.3 Å². The zero-order valence-corrected chi connectivity index (χ0v) is 13.1. The van der Waals surface area contributed by atoms with Gasteiger partial charge in [-0.25, -0.2) is 0 Å². The Kier molecular flexibility index (Phi) is 4.02. The average Bonchev–Trinajstić information content (AvgIpc) is 2.81. The van der Waals surface area contributed by atoms with Gasteiger partial charge in [-0.2, -0.15) is 0 Å². The molecular weight excluding hydrogens is 292 g/mol. The lowest BCUT2D eigenvalue weighted by molar-refractivity contribution is 0.290. The van der Waals surface area contributed by atoms with E-state index in [2.05, 4.69) is 5.18 Å². The molecular formula is C18H18N2O3. The Bertz CT molecular complexity index is 868. The summed E-state index contributed by atoms with van der Waals surface area (Å²) in [6.07, 6.45) is 0. The van der Waals surface area contributed by atoms with Gasteiger partial charge in [0.2, 0.25) is 5.88 Å². The molecule has 0 bridgehead atoms. The molecule has 2 aromatic carbocycles. The standard InChI is InChI=1S/C18H18N2O3/c1-12-5-3-7-14(11-12)23-10-9-20-15-8-4-6-13(2)16(15)17(19-22)18(20)21/h3-8,11,21H,9-10H2,1-2H3. The van der Waals surface area contributed by atoms with Gasteiger partial charge in [0.1, 0.15) is 12.4 Å². The molecule has 1 N–H and O–H groups in total. The summed E-state index contributed by atoms with van der Waals surface area (Å²) in [5.41, 5.74) is 2.91. The molecule has 0 aliphatic carbocycles. The predicted octanol–water partition coefficient (Wildman–Crippen LogP) is 4.44. The normalized spacial score (nSPS) is 10.9. The molecule has 5 heteroatoms.